The van der Waals surface area contributed by atoms with Crippen molar-refractivity contribution in [3.05, 3.63) is 41.0 Å². The third-order valence-electron chi connectivity index (χ3n) is 3.87. The minimum absolute atomic E-state index is 0.296. The number of rotatable bonds is 7. The Labute approximate surface area is 135 Å². The topological polar surface area (TPSA) is 43.4 Å². The van der Waals surface area contributed by atoms with Gasteiger partial charge in [0, 0.05) is 36.3 Å². The predicted octanol–water partition coefficient (Wildman–Crippen LogP) is 3.17. The van der Waals surface area contributed by atoms with E-state index in [4.69, 9.17) is 21.1 Å². The van der Waals surface area contributed by atoms with Gasteiger partial charge in [0.15, 0.2) is 0 Å². The number of fused-ring (bicyclic) bond motifs is 1. The fourth-order valence-electron chi connectivity index (χ4n) is 2.70. The van der Waals surface area contributed by atoms with Crippen molar-refractivity contribution in [1.29, 1.82) is 0 Å². The second-order valence-electron chi connectivity index (χ2n) is 5.49. The summed E-state index contributed by atoms with van der Waals surface area (Å²) >= 11 is 6.20. The lowest BCUT2D eigenvalue weighted by atomic mass is 10.1. The summed E-state index contributed by atoms with van der Waals surface area (Å²) < 4.78 is 11.2. The average Bonchev–Trinajstić information content (AvgIpc) is 3.06. The summed E-state index contributed by atoms with van der Waals surface area (Å²) in [5.74, 6) is 0. The number of benzene rings is 1. The smallest absolute Gasteiger partial charge is 0.0809 e. The molecule has 0 spiro atoms. The Hall–Kier alpha value is -1.20. The standard InChI is InChI=1S/C17H21ClN2O2/c18-16-6-5-13(17-15(16)4-1-7-20-17)11-19-8-10-21-12-14-3-2-9-22-14/h1,4-7,14,19H,2-3,8-12H2/t14-/m0/s1. The van der Waals surface area contributed by atoms with Crippen LogP contribution in [0, 0.1) is 0 Å². The Balaban J connectivity index is 1.44. The van der Waals surface area contributed by atoms with Gasteiger partial charge in [-0.15, -0.1) is 0 Å². The quantitative estimate of drug-likeness (QED) is 0.796. The number of hydrogen-bond acceptors (Lipinski definition) is 4. The van der Waals surface area contributed by atoms with E-state index in [0.29, 0.717) is 19.3 Å². The summed E-state index contributed by atoms with van der Waals surface area (Å²) in [4.78, 5) is 4.44. The largest absolute Gasteiger partial charge is 0.377 e. The highest BCUT2D eigenvalue weighted by molar-refractivity contribution is 6.35. The second-order valence-corrected chi connectivity index (χ2v) is 5.90. The number of hydrogen-bond donors (Lipinski definition) is 1. The maximum absolute atomic E-state index is 6.20. The molecule has 1 aliphatic rings. The van der Waals surface area contributed by atoms with E-state index in [0.717, 1.165) is 54.0 Å². The molecule has 0 aliphatic carbocycles. The first kappa shape index (κ1) is 15.7. The molecule has 2 heterocycles. The zero-order chi connectivity index (χ0) is 15.2. The molecule has 1 aliphatic heterocycles. The van der Waals surface area contributed by atoms with Gasteiger partial charge in [0.25, 0.3) is 0 Å². The van der Waals surface area contributed by atoms with Crippen LogP contribution in [0.4, 0.5) is 0 Å². The first-order chi connectivity index (χ1) is 10.8. The van der Waals surface area contributed by atoms with Crippen molar-refractivity contribution in [2.24, 2.45) is 0 Å². The molecular formula is C17H21ClN2O2. The summed E-state index contributed by atoms with van der Waals surface area (Å²) in [6.45, 7) is 3.84. The molecule has 1 saturated heterocycles. The van der Waals surface area contributed by atoms with Crippen LogP contribution in [0.5, 0.6) is 0 Å². The molecule has 0 bridgehead atoms. The van der Waals surface area contributed by atoms with Crippen LogP contribution in [0.1, 0.15) is 18.4 Å². The lowest BCUT2D eigenvalue weighted by Gasteiger charge is -2.11. The predicted molar refractivity (Wildman–Crippen MR) is 88.3 cm³/mol. The van der Waals surface area contributed by atoms with Gasteiger partial charge in [0.2, 0.25) is 0 Å². The summed E-state index contributed by atoms with van der Waals surface area (Å²) in [5.41, 5.74) is 2.11. The zero-order valence-corrected chi connectivity index (χ0v) is 13.3. The number of ether oxygens (including phenoxy) is 2. The Morgan fingerprint density at radius 3 is 3.18 bits per heavy atom. The van der Waals surface area contributed by atoms with Crippen LogP contribution in [0.15, 0.2) is 30.5 Å². The van der Waals surface area contributed by atoms with Crippen LogP contribution >= 0.6 is 11.6 Å². The fourth-order valence-corrected chi connectivity index (χ4v) is 2.91. The van der Waals surface area contributed by atoms with Crippen LogP contribution in [-0.4, -0.2) is 37.5 Å². The van der Waals surface area contributed by atoms with E-state index >= 15 is 0 Å². The molecule has 4 nitrogen and oxygen atoms in total. The first-order valence-electron chi connectivity index (χ1n) is 7.77. The maximum Gasteiger partial charge on any atom is 0.0809 e. The molecule has 1 aromatic heterocycles. The summed E-state index contributed by atoms with van der Waals surface area (Å²) in [6, 6.07) is 7.86. The molecule has 0 saturated carbocycles. The van der Waals surface area contributed by atoms with Crippen LogP contribution in [-0.2, 0) is 16.0 Å². The van der Waals surface area contributed by atoms with Gasteiger partial charge in [-0.2, -0.15) is 0 Å². The zero-order valence-electron chi connectivity index (χ0n) is 12.6. The molecule has 0 radical (unpaired) electrons. The van der Waals surface area contributed by atoms with Crippen molar-refractivity contribution in [3.63, 3.8) is 0 Å². The minimum Gasteiger partial charge on any atom is -0.377 e. The summed E-state index contributed by atoms with van der Waals surface area (Å²) in [6.07, 6.45) is 4.37. The number of aromatic nitrogens is 1. The maximum atomic E-state index is 6.20. The third-order valence-corrected chi connectivity index (χ3v) is 4.20. The van der Waals surface area contributed by atoms with Gasteiger partial charge in [0.1, 0.15) is 0 Å². The molecule has 1 fully saturated rings. The van der Waals surface area contributed by atoms with Crippen LogP contribution in [0.2, 0.25) is 5.02 Å². The Morgan fingerprint density at radius 2 is 2.32 bits per heavy atom. The summed E-state index contributed by atoms with van der Waals surface area (Å²) in [5, 5.41) is 5.13. The second kappa shape index (κ2) is 7.88. The van der Waals surface area contributed by atoms with Gasteiger partial charge in [-0.1, -0.05) is 17.7 Å². The number of nitrogens with one attached hydrogen (secondary N) is 1. The van der Waals surface area contributed by atoms with Crippen molar-refractivity contribution >= 4 is 22.5 Å². The average molecular weight is 321 g/mol. The van der Waals surface area contributed by atoms with Gasteiger partial charge in [0.05, 0.1) is 24.8 Å². The van der Waals surface area contributed by atoms with Gasteiger partial charge in [-0.05, 0) is 36.6 Å². The molecule has 1 aromatic carbocycles. The SMILES string of the molecule is Clc1ccc(CNCCOC[C@@H]2CCCO2)c2ncccc12. The van der Waals surface area contributed by atoms with E-state index < -0.39 is 0 Å². The van der Waals surface area contributed by atoms with E-state index in [1.807, 2.05) is 24.3 Å². The fraction of sp³-hybridized carbons (Fsp3) is 0.471. The molecule has 0 unspecified atom stereocenters. The van der Waals surface area contributed by atoms with Gasteiger partial charge < -0.3 is 14.8 Å². The molecule has 1 N–H and O–H groups in total. The van der Waals surface area contributed by atoms with Crippen molar-refractivity contribution in [3.8, 4) is 0 Å². The van der Waals surface area contributed by atoms with Crippen LogP contribution in [0.3, 0.4) is 0 Å². The molecule has 22 heavy (non-hydrogen) atoms. The highest BCUT2D eigenvalue weighted by Crippen LogP contribution is 2.24. The molecule has 1 atom stereocenters. The van der Waals surface area contributed by atoms with Crippen molar-refractivity contribution in [1.82, 2.24) is 10.3 Å². The van der Waals surface area contributed by atoms with Gasteiger partial charge >= 0.3 is 0 Å². The van der Waals surface area contributed by atoms with Crippen molar-refractivity contribution in [2.45, 2.75) is 25.5 Å². The minimum atomic E-state index is 0.296. The van der Waals surface area contributed by atoms with E-state index in [1.54, 1.807) is 6.20 Å². The van der Waals surface area contributed by atoms with E-state index in [9.17, 15) is 0 Å². The monoisotopic (exact) mass is 320 g/mol. The molecular weight excluding hydrogens is 300 g/mol. The molecule has 3 rings (SSSR count). The van der Waals surface area contributed by atoms with E-state index in [1.165, 1.54) is 0 Å². The number of nitrogens with zero attached hydrogens (tertiary/aromatic N) is 1. The number of halogens is 1. The molecule has 2 aromatic rings. The highest BCUT2D eigenvalue weighted by atomic mass is 35.5. The molecule has 118 valence electrons. The van der Waals surface area contributed by atoms with E-state index in [2.05, 4.69) is 10.3 Å². The van der Waals surface area contributed by atoms with Gasteiger partial charge in [-0.25, -0.2) is 0 Å². The van der Waals surface area contributed by atoms with Crippen LogP contribution < -0.4 is 5.32 Å². The van der Waals surface area contributed by atoms with Crippen molar-refractivity contribution < 1.29 is 9.47 Å². The molecule has 5 heteroatoms. The Kier molecular flexibility index (Phi) is 5.62. The Morgan fingerprint density at radius 1 is 1.36 bits per heavy atom. The Bertz CT molecular complexity index is 615. The summed E-state index contributed by atoms with van der Waals surface area (Å²) in [7, 11) is 0. The lowest BCUT2D eigenvalue weighted by Crippen LogP contribution is -2.22. The molecule has 0 amide bonds. The van der Waals surface area contributed by atoms with Gasteiger partial charge in [-0.3, -0.25) is 4.98 Å². The van der Waals surface area contributed by atoms with Crippen LogP contribution in [0.25, 0.3) is 10.9 Å². The highest BCUT2D eigenvalue weighted by Gasteiger charge is 2.14. The van der Waals surface area contributed by atoms with Crippen molar-refractivity contribution in [2.75, 3.05) is 26.4 Å². The van der Waals surface area contributed by atoms with E-state index in [-0.39, 0.29) is 0 Å². The lowest BCUT2D eigenvalue weighted by molar-refractivity contribution is 0.0183. The third kappa shape index (κ3) is 3.96. The normalized spacial score (nSPS) is 18.1. The first-order valence-corrected chi connectivity index (χ1v) is 8.14. The number of pyridine rings is 1.